The normalized spacial score (nSPS) is 13.3. The van der Waals surface area contributed by atoms with E-state index in [1.165, 1.54) is 51.4 Å². The van der Waals surface area contributed by atoms with Crippen LogP contribution in [-0.4, -0.2) is 38.3 Å². The summed E-state index contributed by atoms with van der Waals surface area (Å²) in [5.41, 5.74) is 0.846. The van der Waals surface area contributed by atoms with Crippen LogP contribution in [0, 0.1) is 0 Å². The number of allylic oxidation sites excluding steroid dienone is 2. The number of hydrogen-bond donors (Lipinski definition) is 5. The maximum atomic E-state index is 12.4. The monoisotopic (exact) mass is 513 g/mol. The molecular weight excluding hydrogens is 465 g/mol. The van der Waals surface area contributed by atoms with E-state index in [2.05, 4.69) is 24.4 Å². The molecule has 0 aromatic heterocycles. The Balaban J connectivity index is 2.15. The molecule has 0 aliphatic rings. The molecule has 1 aromatic carbocycles. The van der Waals surface area contributed by atoms with Crippen LogP contribution < -0.4 is 5.32 Å². The first kappa shape index (κ1) is 31.5. The molecule has 1 atom stereocenters. The molecule has 5 N–H and O–H groups in total. The summed E-state index contributed by atoms with van der Waals surface area (Å²) in [6.07, 6.45) is 21.0. The van der Waals surface area contributed by atoms with Crippen LogP contribution in [0.25, 0.3) is 0 Å². The van der Waals surface area contributed by atoms with Gasteiger partial charge in [0, 0.05) is 0 Å². The Hall–Kier alpha value is -1.50. The van der Waals surface area contributed by atoms with E-state index in [9.17, 15) is 9.90 Å². The van der Waals surface area contributed by atoms with Crippen molar-refractivity contribution < 1.29 is 29.1 Å². The molecule has 202 valence electrons. The summed E-state index contributed by atoms with van der Waals surface area (Å²) in [7, 11) is -4.66. The third-order valence-corrected chi connectivity index (χ3v) is 6.48. The van der Waals surface area contributed by atoms with Crippen molar-refractivity contribution in [3.05, 3.63) is 42.0 Å². The minimum atomic E-state index is -4.66. The number of rotatable bonds is 21. The summed E-state index contributed by atoms with van der Waals surface area (Å²) < 4.78 is 4.76. The van der Waals surface area contributed by atoms with E-state index in [0.29, 0.717) is 12.8 Å². The van der Waals surface area contributed by atoms with Gasteiger partial charge in [-0.25, -0.2) is 0 Å². The quantitative estimate of drug-likeness (QED) is 0.0798. The number of benzene rings is 1. The van der Waals surface area contributed by atoms with Gasteiger partial charge in [0.1, 0.15) is 0 Å². The van der Waals surface area contributed by atoms with Crippen LogP contribution in [-0.2, 0) is 15.7 Å². The Kier molecular flexibility index (Phi) is 17.7. The zero-order chi connectivity index (χ0) is 25.8. The van der Waals surface area contributed by atoms with E-state index >= 15 is 0 Å². The molecule has 0 unspecified atom stereocenters. The van der Waals surface area contributed by atoms with E-state index in [-0.39, 0.29) is 18.3 Å². The summed E-state index contributed by atoms with van der Waals surface area (Å²) >= 11 is 0. The third-order valence-electron chi connectivity index (χ3n) is 5.93. The zero-order valence-electron chi connectivity index (χ0n) is 21.5. The van der Waals surface area contributed by atoms with Gasteiger partial charge in [-0.1, -0.05) is 51.2 Å². The van der Waals surface area contributed by atoms with Crippen LogP contribution in [0.1, 0.15) is 102 Å². The van der Waals surface area contributed by atoms with E-state index in [1.807, 2.05) is 0 Å². The predicted molar refractivity (Wildman–Crippen MR) is 144 cm³/mol. The molecule has 35 heavy (non-hydrogen) atoms. The number of nitrogens with one attached hydrogen (secondary N) is 1. The fourth-order valence-electron chi connectivity index (χ4n) is 3.94. The van der Waals surface area contributed by atoms with E-state index in [0.717, 1.165) is 37.7 Å². The molecule has 0 heterocycles. The third kappa shape index (κ3) is 19.4. The van der Waals surface area contributed by atoms with Gasteiger partial charge < -0.3 is 0 Å². The van der Waals surface area contributed by atoms with Crippen LogP contribution in [0.5, 0.6) is 5.75 Å². The topological polar surface area (TPSA) is 119 Å². The number of hydrogen-bond acceptors (Lipinski definition) is 6. The van der Waals surface area contributed by atoms with Crippen molar-refractivity contribution in [3.63, 3.8) is 0 Å². The van der Waals surface area contributed by atoms with Gasteiger partial charge in [-0.15, -0.1) is 0 Å². The second kappa shape index (κ2) is 19.7. The Morgan fingerprint density at radius 3 is 2.00 bits per heavy atom. The number of aromatic hydroxyl groups is 1. The molecule has 1 amide bonds. The van der Waals surface area contributed by atoms with Crippen molar-refractivity contribution in [1.29, 1.82) is 0 Å². The fourth-order valence-corrected chi connectivity index (χ4v) is 4.36. The summed E-state index contributed by atoms with van der Waals surface area (Å²) in [6, 6.07) is 6.01. The minimum absolute atomic E-state index is 0.129. The van der Waals surface area contributed by atoms with Gasteiger partial charge in [0.2, 0.25) is 0 Å². The van der Waals surface area contributed by atoms with E-state index in [1.54, 1.807) is 24.3 Å². The fraction of sp³-hybridized carbons (Fsp3) is 0.667. The van der Waals surface area contributed by atoms with Gasteiger partial charge in [0.25, 0.3) is 0 Å². The Morgan fingerprint density at radius 1 is 0.886 bits per heavy atom. The van der Waals surface area contributed by atoms with Crippen molar-refractivity contribution in [3.8, 4) is 5.75 Å². The summed E-state index contributed by atoms with van der Waals surface area (Å²) in [6.45, 7) is 2.03. The first-order valence-electron chi connectivity index (χ1n) is 13.3. The molecular formula is C27H48NO6P. The molecule has 0 fully saturated rings. The van der Waals surface area contributed by atoms with Crippen LogP contribution in [0.3, 0.4) is 0 Å². The van der Waals surface area contributed by atoms with E-state index < -0.39 is 14.2 Å². The maximum absolute atomic E-state index is 12.4. The number of carbonyl (C=O) groups excluding carboxylic acids is 1. The molecule has 7 nitrogen and oxygen atoms in total. The predicted octanol–water partition coefficient (Wildman–Crippen LogP) is 5.86. The summed E-state index contributed by atoms with van der Waals surface area (Å²) in [4.78, 5) is 39.8. The molecule has 0 bridgehead atoms. The van der Waals surface area contributed by atoms with Gasteiger partial charge in [-0.2, -0.15) is 0 Å². The average Bonchev–Trinajstić information content (AvgIpc) is 2.81. The number of phenolic OH excluding ortho intramolecular Hbond substituents is 1. The standard InChI is InChI=1S/C27H48NO6P/c1-2-3-4-5-6-7-8-9-10-11-12-13-14-15-16-17-27(30)28-25(23-34-35(31,32)33)22-24-18-20-26(29)21-19-24/h9-10,18-21,25,29,31-33,35H,2-8,11-17,22-23H2,1H3,(H,28,30)/b10-9-/t25-/m1/s1. The van der Waals surface area contributed by atoms with Gasteiger partial charge >= 0.3 is 148 Å². The van der Waals surface area contributed by atoms with Crippen LogP contribution in [0.4, 0.5) is 0 Å². The molecule has 0 saturated heterocycles. The summed E-state index contributed by atoms with van der Waals surface area (Å²) in [5, 5.41) is 12.3. The van der Waals surface area contributed by atoms with Crippen molar-refractivity contribution >= 4 is 14.1 Å². The second-order valence-electron chi connectivity index (χ2n) is 9.35. The first-order chi connectivity index (χ1) is 16.8. The SMILES string of the molecule is CCCCCCCC/C=C\CCCCCCCC(=O)N[C@@H](CO[PH](O)(O)O)Cc1ccc(O)cc1. The van der Waals surface area contributed by atoms with Crippen LogP contribution in [0.15, 0.2) is 36.4 Å². The van der Waals surface area contributed by atoms with Gasteiger partial charge in [0.05, 0.1) is 0 Å². The number of phenols is 1. The molecule has 1 rings (SSSR count). The Bertz CT molecular complexity index is 690. The molecule has 1 aromatic rings. The van der Waals surface area contributed by atoms with Crippen molar-refractivity contribution in [2.24, 2.45) is 0 Å². The van der Waals surface area contributed by atoms with Crippen molar-refractivity contribution in [2.75, 3.05) is 6.61 Å². The van der Waals surface area contributed by atoms with Crippen molar-refractivity contribution in [1.82, 2.24) is 5.32 Å². The summed E-state index contributed by atoms with van der Waals surface area (Å²) in [5.74, 6) is 0.0124. The van der Waals surface area contributed by atoms with Crippen LogP contribution in [0.2, 0.25) is 0 Å². The van der Waals surface area contributed by atoms with Crippen LogP contribution >= 0.6 is 8.17 Å². The van der Waals surface area contributed by atoms with Gasteiger partial charge in [0.15, 0.2) is 0 Å². The molecule has 8 heteroatoms. The van der Waals surface area contributed by atoms with Crippen molar-refractivity contribution in [2.45, 2.75) is 109 Å². The number of carbonyl (C=O) groups is 1. The number of amides is 1. The zero-order valence-corrected chi connectivity index (χ0v) is 22.5. The molecule has 0 saturated carbocycles. The molecule has 0 aliphatic carbocycles. The number of unbranched alkanes of at least 4 members (excludes halogenated alkanes) is 11. The average molecular weight is 514 g/mol. The molecule has 0 aliphatic heterocycles. The van der Waals surface area contributed by atoms with E-state index in [4.69, 9.17) is 19.2 Å². The van der Waals surface area contributed by atoms with Gasteiger partial charge in [-0.3, -0.25) is 0 Å². The second-order valence-corrected chi connectivity index (χ2v) is 10.8. The van der Waals surface area contributed by atoms with Gasteiger partial charge in [-0.05, 0) is 12.8 Å². The molecule has 0 radical (unpaired) electrons. The molecule has 0 spiro atoms. The Morgan fingerprint density at radius 2 is 1.43 bits per heavy atom. The first-order valence-corrected chi connectivity index (χ1v) is 15.1. The Labute approximate surface area is 212 Å².